The summed E-state index contributed by atoms with van der Waals surface area (Å²) in [5.74, 6) is -0.0316. The minimum atomic E-state index is -0.0316. The van der Waals surface area contributed by atoms with Gasteiger partial charge in [-0.25, -0.2) is 9.97 Å². The minimum Gasteiger partial charge on any atom is -0.349 e. The topological polar surface area (TPSA) is 70.7 Å². The molecule has 1 saturated carbocycles. The number of rotatable bonds is 2. The maximum Gasteiger partial charge on any atom is 0.253 e. The Kier molecular flexibility index (Phi) is 3.44. The van der Waals surface area contributed by atoms with Crippen LogP contribution in [-0.4, -0.2) is 26.9 Å². The molecule has 3 rings (SSSR count). The van der Waals surface area contributed by atoms with Crippen LogP contribution in [0.3, 0.4) is 0 Å². The summed E-state index contributed by atoms with van der Waals surface area (Å²) in [6.07, 6.45) is 10.4. The van der Waals surface area contributed by atoms with Gasteiger partial charge in [-0.2, -0.15) is 0 Å². The number of nitrogens with one attached hydrogen (secondary N) is 2. The Labute approximate surface area is 111 Å². The number of hydrogen-bond acceptors (Lipinski definition) is 3. The Hall–Kier alpha value is -1.91. The van der Waals surface area contributed by atoms with E-state index in [1.807, 2.05) is 0 Å². The maximum absolute atomic E-state index is 12.2. The van der Waals surface area contributed by atoms with Gasteiger partial charge in [-0.1, -0.05) is 25.7 Å². The third kappa shape index (κ3) is 2.75. The lowest BCUT2D eigenvalue weighted by molar-refractivity contribution is 0.0933. The van der Waals surface area contributed by atoms with Crippen molar-refractivity contribution in [2.24, 2.45) is 0 Å². The van der Waals surface area contributed by atoms with Gasteiger partial charge in [0, 0.05) is 12.2 Å². The largest absolute Gasteiger partial charge is 0.349 e. The summed E-state index contributed by atoms with van der Waals surface area (Å²) >= 11 is 0. The van der Waals surface area contributed by atoms with Crippen LogP contribution in [0.1, 0.15) is 48.9 Å². The smallest absolute Gasteiger partial charge is 0.253 e. The third-order valence-electron chi connectivity index (χ3n) is 3.73. The molecule has 19 heavy (non-hydrogen) atoms. The monoisotopic (exact) mass is 258 g/mol. The number of aromatic nitrogens is 3. The standard InChI is InChI=1S/C14H18N4O/c19-14(18-11-5-3-1-2-4-6-11)10-7-12-13(15-8-10)17-9-16-12/h7-9,11H,1-6H2,(H,18,19)(H,15,16,17). The van der Waals surface area contributed by atoms with Gasteiger partial charge in [0.15, 0.2) is 5.65 Å². The van der Waals surface area contributed by atoms with Crippen molar-refractivity contribution in [1.82, 2.24) is 20.3 Å². The molecule has 2 aromatic rings. The van der Waals surface area contributed by atoms with Gasteiger partial charge in [0.1, 0.15) is 0 Å². The zero-order valence-electron chi connectivity index (χ0n) is 10.9. The van der Waals surface area contributed by atoms with Crippen molar-refractivity contribution in [1.29, 1.82) is 0 Å². The lowest BCUT2D eigenvalue weighted by Crippen LogP contribution is -2.34. The highest BCUT2D eigenvalue weighted by molar-refractivity contribution is 5.96. The molecule has 5 heteroatoms. The molecule has 0 aliphatic heterocycles. The van der Waals surface area contributed by atoms with Crippen LogP contribution in [-0.2, 0) is 0 Å². The number of carbonyl (C=O) groups is 1. The first-order valence-electron chi connectivity index (χ1n) is 6.93. The van der Waals surface area contributed by atoms with E-state index in [9.17, 15) is 4.79 Å². The van der Waals surface area contributed by atoms with Crippen LogP contribution in [0.25, 0.3) is 11.2 Å². The highest BCUT2D eigenvalue weighted by Gasteiger charge is 2.16. The van der Waals surface area contributed by atoms with E-state index in [1.54, 1.807) is 18.6 Å². The molecule has 1 aliphatic rings. The van der Waals surface area contributed by atoms with Gasteiger partial charge in [0.05, 0.1) is 17.4 Å². The van der Waals surface area contributed by atoms with Crippen molar-refractivity contribution in [3.63, 3.8) is 0 Å². The molecule has 0 radical (unpaired) electrons. The molecule has 1 amide bonds. The number of carbonyl (C=O) groups excluding carboxylic acids is 1. The fourth-order valence-electron chi connectivity index (χ4n) is 2.65. The molecular formula is C14H18N4O. The number of hydrogen-bond donors (Lipinski definition) is 2. The molecule has 0 spiro atoms. The minimum absolute atomic E-state index is 0.0316. The Morgan fingerprint density at radius 3 is 2.79 bits per heavy atom. The first kappa shape index (κ1) is 12.1. The zero-order valence-corrected chi connectivity index (χ0v) is 10.9. The van der Waals surface area contributed by atoms with Crippen LogP contribution in [0.2, 0.25) is 0 Å². The maximum atomic E-state index is 12.2. The summed E-state index contributed by atoms with van der Waals surface area (Å²) in [6, 6.07) is 2.12. The highest BCUT2D eigenvalue weighted by atomic mass is 16.1. The van der Waals surface area contributed by atoms with Crippen molar-refractivity contribution in [2.75, 3.05) is 0 Å². The Morgan fingerprint density at radius 1 is 1.21 bits per heavy atom. The molecule has 2 N–H and O–H groups in total. The average Bonchev–Trinajstić information content (AvgIpc) is 2.75. The molecule has 0 aromatic carbocycles. The van der Waals surface area contributed by atoms with Crippen LogP contribution in [0.15, 0.2) is 18.6 Å². The normalized spacial score (nSPS) is 17.3. The van der Waals surface area contributed by atoms with Crippen LogP contribution < -0.4 is 5.32 Å². The second kappa shape index (κ2) is 5.38. The van der Waals surface area contributed by atoms with E-state index in [-0.39, 0.29) is 5.91 Å². The summed E-state index contributed by atoms with van der Waals surface area (Å²) < 4.78 is 0. The van der Waals surface area contributed by atoms with E-state index in [1.165, 1.54) is 25.7 Å². The molecular weight excluding hydrogens is 240 g/mol. The van der Waals surface area contributed by atoms with Crippen LogP contribution in [0.5, 0.6) is 0 Å². The van der Waals surface area contributed by atoms with Gasteiger partial charge in [-0.3, -0.25) is 4.79 Å². The molecule has 0 unspecified atom stereocenters. The number of aromatic amines is 1. The second-order valence-corrected chi connectivity index (χ2v) is 5.16. The SMILES string of the molecule is O=C(NC1CCCCCC1)c1cnc2nc[nH]c2c1. The summed E-state index contributed by atoms with van der Waals surface area (Å²) in [5.41, 5.74) is 2.04. The van der Waals surface area contributed by atoms with Crippen molar-refractivity contribution < 1.29 is 4.79 Å². The number of nitrogens with zero attached hydrogens (tertiary/aromatic N) is 2. The van der Waals surface area contributed by atoms with Crippen molar-refractivity contribution >= 4 is 17.1 Å². The van der Waals surface area contributed by atoms with Crippen molar-refractivity contribution in [3.8, 4) is 0 Å². The van der Waals surface area contributed by atoms with Gasteiger partial charge in [-0.05, 0) is 18.9 Å². The number of H-pyrrole nitrogens is 1. The fraction of sp³-hybridized carbons (Fsp3) is 0.500. The second-order valence-electron chi connectivity index (χ2n) is 5.16. The molecule has 2 heterocycles. The zero-order chi connectivity index (χ0) is 13.1. The quantitative estimate of drug-likeness (QED) is 0.813. The van der Waals surface area contributed by atoms with Gasteiger partial charge >= 0.3 is 0 Å². The summed E-state index contributed by atoms with van der Waals surface area (Å²) in [7, 11) is 0. The molecule has 0 bridgehead atoms. The lowest BCUT2D eigenvalue weighted by atomic mass is 10.1. The van der Waals surface area contributed by atoms with E-state index in [2.05, 4.69) is 20.3 Å². The van der Waals surface area contributed by atoms with Gasteiger partial charge in [-0.15, -0.1) is 0 Å². The number of imidazole rings is 1. The van der Waals surface area contributed by atoms with Crippen molar-refractivity contribution in [3.05, 3.63) is 24.2 Å². The van der Waals surface area contributed by atoms with Crippen molar-refractivity contribution in [2.45, 2.75) is 44.6 Å². The Balaban J connectivity index is 1.71. The molecule has 5 nitrogen and oxygen atoms in total. The summed E-state index contributed by atoms with van der Waals surface area (Å²) in [5, 5.41) is 3.12. The van der Waals surface area contributed by atoms with Crippen LogP contribution in [0, 0.1) is 0 Å². The van der Waals surface area contributed by atoms with E-state index >= 15 is 0 Å². The average molecular weight is 258 g/mol. The van der Waals surface area contributed by atoms with Gasteiger partial charge < -0.3 is 10.3 Å². The number of pyridine rings is 1. The van der Waals surface area contributed by atoms with Gasteiger partial charge in [0.25, 0.3) is 5.91 Å². The van der Waals surface area contributed by atoms with Crippen LogP contribution in [0.4, 0.5) is 0 Å². The Morgan fingerprint density at radius 2 is 2.00 bits per heavy atom. The predicted octanol–water partition coefficient (Wildman–Crippen LogP) is 2.41. The molecule has 1 aliphatic carbocycles. The third-order valence-corrected chi connectivity index (χ3v) is 3.73. The predicted molar refractivity (Wildman–Crippen MR) is 72.8 cm³/mol. The van der Waals surface area contributed by atoms with Crippen LogP contribution >= 0.6 is 0 Å². The Bertz CT molecular complexity index is 570. The summed E-state index contributed by atoms with van der Waals surface area (Å²) in [4.78, 5) is 23.4. The lowest BCUT2D eigenvalue weighted by Gasteiger charge is -2.15. The van der Waals surface area contributed by atoms with Gasteiger partial charge in [0.2, 0.25) is 0 Å². The van der Waals surface area contributed by atoms with E-state index in [0.29, 0.717) is 17.3 Å². The van der Waals surface area contributed by atoms with E-state index in [0.717, 1.165) is 18.4 Å². The molecule has 0 atom stereocenters. The highest BCUT2D eigenvalue weighted by Crippen LogP contribution is 2.18. The first-order valence-corrected chi connectivity index (χ1v) is 6.93. The summed E-state index contributed by atoms with van der Waals surface area (Å²) in [6.45, 7) is 0. The molecule has 0 saturated heterocycles. The van der Waals surface area contributed by atoms with E-state index < -0.39 is 0 Å². The van der Waals surface area contributed by atoms with E-state index in [4.69, 9.17) is 0 Å². The molecule has 1 fully saturated rings. The number of amides is 1. The fourth-order valence-corrected chi connectivity index (χ4v) is 2.65. The number of fused-ring (bicyclic) bond motifs is 1. The molecule has 100 valence electrons. The molecule has 2 aromatic heterocycles. The first-order chi connectivity index (χ1) is 9.33.